The maximum absolute atomic E-state index is 6.11. The molecular weight excluding hydrogens is 709 g/mol. The molecule has 240 valence electrons. The number of benzene rings is 6. The highest BCUT2D eigenvalue weighted by Crippen LogP contribution is 2.32. The van der Waals surface area contributed by atoms with Gasteiger partial charge in [-0.25, -0.2) is 0 Å². The van der Waals surface area contributed by atoms with Gasteiger partial charge in [-0.05, 0) is 158 Å². The zero-order valence-corrected chi connectivity index (χ0v) is 29.1. The van der Waals surface area contributed by atoms with E-state index in [1.54, 1.807) is 0 Å². The molecule has 6 nitrogen and oxygen atoms in total. The lowest BCUT2D eigenvalue weighted by atomic mass is 10.2. The van der Waals surface area contributed by atoms with Crippen LogP contribution in [0.2, 0.25) is 0 Å². The molecule has 1 aliphatic rings. The Kier molecular flexibility index (Phi) is 9.38. The number of nitrogens with zero attached hydrogens (tertiary/aromatic N) is 3. The van der Waals surface area contributed by atoms with E-state index in [4.69, 9.17) is 14.2 Å². The van der Waals surface area contributed by atoms with Gasteiger partial charge in [-0.2, -0.15) is 0 Å². The fourth-order valence-electron chi connectivity index (χ4n) is 5.54. The van der Waals surface area contributed by atoms with Gasteiger partial charge in [0.2, 0.25) is 0 Å². The average Bonchev–Trinajstić information content (AvgIpc) is 3.12. The summed E-state index contributed by atoms with van der Waals surface area (Å²) in [7, 11) is 0. The Labute approximate surface area is 295 Å². The normalized spacial score (nSPS) is 12.9. The monoisotopic (exact) mass is 745 g/mol. The van der Waals surface area contributed by atoms with Crippen LogP contribution in [-0.4, -0.2) is 20.0 Å². The van der Waals surface area contributed by atoms with Crippen molar-refractivity contribution in [3.63, 3.8) is 0 Å². The maximum Gasteiger partial charge on any atom is 0.127 e. The van der Waals surface area contributed by atoms with Gasteiger partial charge < -0.3 is 28.9 Å². The van der Waals surface area contributed by atoms with Crippen LogP contribution in [0.5, 0.6) is 34.5 Å². The minimum Gasteiger partial charge on any atom is -0.457 e. The van der Waals surface area contributed by atoms with Crippen molar-refractivity contribution < 1.29 is 14.2 Å². The highest BCUT2D eigenvalue weighted by Gasteiger charge is 2.25. The predicted molar refractivity (Wildman–Crippen MR) is 203 cm³/mol. The van der Waals surface area contributed by atoms with Crippen molar-refractivity contribution in [2.75, 3.05) is 34.7 Å². The van der Waals surface area contributed by atoms with Crippen molar-refractivity contribution in [1.82, 2.24) is 0 Å². The summed E-state index contributed by atoms with van der Waals surface area (Å²) in [5.41, 5.74) is 5.74. The Balaban J connectivity index is 1.11. The van der Waals surface area contributed by atoms with Crippen LogP contribution in [0.25, 0.3) is 0 Å². The van der Waals surface area contributed by atoms with E-state index in [0.717, 1.165) is 71.6 Å². The summed E-state index contributed by atoms with van der Waals surface area (Å²) < 4.78 is 19.5. The van der Waals surface area contributed by atoms with Crippen molar-refractivity contribution in [2.24, 2.45) is 0 Å². The highest BCUT2D eigenvalue weighted by atomic mass is 127. The topological polar surface area (TPSA) is 37.4 Å². The first-order valence-electron chi connectivity index (χ1n) is 15.9. The minimum atomic E-state index is 0.723. The van der Waals surface area contributed by atoms with Crippen molar-refractivity contribution >= 4 is 39.7 Å². The fourth-order valence-corrected chi connectivity index (χ4v) is 5.90. The summed E-state index contributed by atoms with van der Waals surface area (Å²) in [6.07, 6.45) is 0. The molecular formula is C41H36IN3O3. The molecule has 0 N–H and O–H groups in total. The van der Waals surface area contributed by atoms with E-state index in [0.29, 0.717) is 0 Å². The molecule has 0 aromatic heterocycles. The molecule has 0 aliphatic carbocycles. The Morgan fingerprint density at radius 3 is 0.854 bits per heavy atom. The molecule has 6 aromatic rings. The second-order valence-electron chi connectivity index (χ2n) is 11.9. The van der Waals surface area contributed by atoms with Crippen molar-refractivity contribution in [2.45, 2.75) is 13.8 Å². The molecule has 7 heteroatoms. The van der Waals surface area contributed by atoms with Crippen LogP contribution in [0, 0.1) is 17.4 Å². The van der Waals surface area contributed by atoms with E-state index in [2.05, 4.69) is 112 Å². The molecule has 48 heavy (non-hydrogen) atoms. The Morgan fingerprint density at radius 1 is 0.354 bits per heavy atom. The van der Waals surface area contributed by atoms with E-state index < -0.39 is 0 Å². The number of aryl methyl sites for hydroxylation is 2. The fraction of sp³-hybridized carbons (Fsp3) is 0.122. The van der Waals surface area contributed by atoms with Gasteiger partial charge in [0.15, 0.2) is 0 Å². The highest BCUT2D eigenvalue weighted by molar-refractivity contribution is 14.1. The quantitative estimate of drug-likeness (QED) is 0.137. The van der Waals surface area contributed by atoms with Crippen molar-refractivity contribution in [1.29, 1.82) is 0 Å². The summed E-state index contributed by atoms with van der Waals surface area (Å²) in [6.45, 7) is 6.32. The van der Waals surface area contributed by atoms with Gasteiger partial charge in [-0.15, -0.1) is 0 Å². The molecule has 0 bridgehead atoms. The molecule has 7 rings (SSSR count). The van der Waals surface area contributed by atoms with Crippen LogP contribution in [-0.2, 0) is 0 Å². The van der Waals surface area contributed by atoms with Crippen LogP contribution in [0.4, 0.5) is 17.1 Å². The molecule has 0 spiro atoms. The van der Waals surface area contributed by atoms with Crippen LogP contribution in [0.3, 0.4) is 0 Å². The molecule has 0 radical (unpaired) electrons. The van der Waals surface area contributed by atoms with Crippen LogP contribution in [0.1, 0.15) is 11.1 Å². The van der Waals surface area contributed by atoms with Gasteiger partial charge in [0.05, 0.1) is 20.0 Å². The zero-order valence-electron chi connectivity index (χ0n) is 26.9. The largest absolute Gasteiger partial charge is 0.457 e. The average molecular weight is 746 g/mol. The lowest BCUT2D eigenvalue weighted by Gasteiger charge is -2.45. The third-order valence-electron chi connectivity index (χ3n) is 8.19. The number of anilines is 3. The number of ether oxygens (including phenoxy) is 3. The molecule has 1 aliphatic heterocycles. The van der Waals surface area contributed by atoms with Gasteiger partial charge in [-0.3, -0.25) is 0 Å². The molecule has 0 unspecified atom stereocenters. The number of hydrogen-bond acceptors (Lipinski definition) is 6. The van der Waals surface area contributed by atoms with E-state index in [9.17, 15) is 0 Å². The van der Waals surface area contributed by atoms with Gasteiger partial charge >= 0.3 is 0 Å². The Morgan fingerprint density at radius 2 is 0.583 bits per heavy atom. The molecule has 6 aromatic carbocycles. The van der Waals surface area contributed by atoms with Crippen molar-refractivity contribution in [3.8, 4) is 34.5 Å². The van der Waals surface area contributed by atoms with Crippen LogP contribution >= 0.6 is 22.6 Å². The zero-order chi connectivity index (χ0) is 32.9. The number of halogens is 1. The van der Waals surface area contributed by atoms with Gasteiger partial charge in [0.1, 0.15) is 34.5 Å². The maximum atomic E-state index is 6.11. The second-order valence-corrected chi connectivity index (χ2v) is 13.2. The number of rotatable bonds is 9. The third kappa shape index (κ3) is 7.86. The SMILES string of the molecule is Cc1ccc(Oc2ccc(N3CN(c4ccc(Oc5ccc(C)cc5)cc4)CN(c4ccc(Oc5ccc(I)cc5)cc4)C3)cc2)cc1. The summed E-state index contributed by atoms with van der Waals surface area (Å²) >= 11 is 2.30. The predicted octanol–water partition coefficient (Wildman–Crippen LogP) is 11.0. The molecule has 1 saturated heterocycles. The molecule has 0 amide bonds. The summed E-state index contributed by atoms with van der Waals surface area (Å²) in [5.74, 6) is 4.89. The second kappa shape index (κ2) is 14.3. The van der Waals surface area contributed by atoms with E-state index in [1.807, 2.05) is 84.9 Å². The first-order valence-corrected chi connectivity index (χ1v) is 17.0. The number of hydrogen-bond donors (Lipinski definition) is 0. The summed E-state index contributed by atoms with van der Waals surface area (Å²) in [4.78, 5) is 7.10. The first kappa shape index (κ1) is 31.4. The summed E-state index contributed by atoms with van der Waals surface area (Å²) in [5, 5.41) is 0. The van der Waals surface area contributed by atoms with E-state index in [1.165, 1.54) is 14.7 Å². The molecule has 1 fully saturated rings. The first-order chi connectivity index (χ1) is 23.4. The van der Waals surface area contributed by atoms with Gasteiger partial charge in [-0.1, -0.05) is 35.4 Å². The Bertz CT molecular complexity index is 1690. The smallest absolute Gasteiger partial charge is 0.127 e. The lowest BCUT2D eigenvalue weighted by Crippen LogP contribution is -2.55. The van der Waals surface area contributed by atoms with E-state index in [-0.39, 0.29) is 0 Å². The Hall–Kier alpha value is -5.15. The molecule has 1 heterocycles. The molecule has 0 saturated carbocycles. The van der Waals surface area contributed by atoms with Gasteiger partial charge in [0.25, 0.3) is 0 Å². The summed E-state index contributed by atoms with van der Waals surface area (Å²) in [6, 6.07) is 49.3. The van der Waals surface area contributed by atoms with Crippen LogP contribution in [0.15, 0.2) is 146 Å². The lowest BCUT2D eigenvalue weighted by molar-refractivity contribution is 0.482. The standard InChI is InChI=1S/C41H36IN3O3/c1-30-3-15-36(16-4-30)46-39-21-9-33(10-22-39)43-27-44(34-11-23-40(24-12-34)47-37-17-5-31(2)6-18-37)29-45(28-43)35-13-25-41(26-14-35)48-38-19-7-32(42)8-20-38/h3-26H,27-29H2,1-2H3. The van der Waals surface area contributed by atoms with Crippen LogP contribution < -0.4 is 28.9 Å². The minimum absolute atomic E-state index is 0.723. The van der Waals surface area contributed by atoms with E-state index >= 15 is 0 Å². The van der Waals surface area contributed by atoms with Gasteiger partial charge in [0, 0.05) is 20.6 Å². The third-order valence-corrected chi connectivity index (χ3v) is 8.91. The van der Waals surface area contributed by atoms with Crippen molar-refractivity contribution in [3.05, 3.63) is 160 Å². The molecule has 0 atom stereocenters.